The van der Waals surface area contributed by atoms with Crippen molar-refractivity contribution in [1.82, 2.24) is 5.32 Å². The molecule has 0 aromatic rings. The molecule has 1 unspecified atom stereocenters. The summed E-state index contributed by atoms with van der Waals surface area (Å²) in [5.41, 5.74) is 5.48. The second-order valence-electron chi connectivity index (χ2n) is 6.38. The van der Waals surface area contributed by atoms with Gasteiger partial charge in [0.05, 0.1) is 0 Å². The van der Waals surface area contributed by atoms with Crippen LogP contribution in [0, 0.1) is 5.92 Å². The van der Waals surface area contributed by atoms with Crippen LogP contribution < -0.4 is 11.1 Å². The van der Waals surface area contributed by atoms with E-state index in [0.29, 0.717) is 0 Å². The smallest absolute Gasteiger partial charge is 0.00464 e. The molecule has 0 aromatic heterocycles. The molecule has 0 aromatic carbocycles. The fourth-order valence-corrected chi connectivity index (χ4v) is 2.49. The van der Waals surface area contributed by atoms with Crippen LogP contribution in [0.4, 0.5) is 0 Å². The molecule has 0 saturated heterocycles. The van der Waals surface area contributed by atoms with Gasteiger partial charge in [0.15, 0.2) is 0 Å². The van der Waals surface area contributed by atoms with Crippen molar-refractivity contribution >= 4 is 0 Å². The zero-order valence-electron chi connectivity index (χ0n) is 14.3. The second kappa shape index (κ2) is 17.0. The minimum Gasteiger partial charge on any atom is -0.330 e. The maximum absolute atomic E-state index is 5.48. The summed E-state index contributed by atoms with van der Waals surface area (Å²) in [6, 6.07) is 0. The molecule has 0 radical (unpaired) electrons. The van der Waals surface area contributed by atoms with Crippen molar-refractivity contribution in [3.05, 3.63) is 0 Å². The van der Waals surface area contributed by atoms with Gasteiger partial charge < -0.3 is 11.1 Å². The molecule has 0 aliphatic heterocycles. The lowest BCUT2D eigenvalue weighted by atomic mass is 10.1. The Bertz CT molecular complexity index is 171. The molecule has 0 rings (SSSR count). The fraction of sp³-hybridized carbons (Fsp3) is 1.00. The van der Waals surface area contributed by atoms with E-state index in [-0.39, 0.29) is 0 Å². The van der Waals surface area contributed by atoms with Crippen LogP contribution in [-0.2, 0) is 0 Å². The first-order valence-electron chi connectivity index (χ1n) is 9.22. The standard InChI is InChI=1S/C18H40N2/c1-3-18(2)14-17-20-16-13-11-9-7-5-4-6-8-10-12-15-19/h18,20H,3-17,19H2,1-2H3. The fourth-order valence-electron chi connectivity index (χ4n) is 2.49. The lowest BCUT2D eigenvalue weighted by molar-refractivity contribution is 0.479. The molecule has 0 saturated carbocycles. The van der Waals surface area contributed by atoms with Gasteiger partial charge in [-0.15, -0.1) is 0 Å². The minimum absolute atomic E-state index is 0.866. The first kappa shape index (κ1) is 19.9. The Morgan fingerprint density at radius 3 is 1.75 bits per heavy atom. The van der Waals surface area contributed by atoms with E-state index in [9.17, 15) is 0 Å². The third-order valence-electron chi connectivity index (χ3n) is 4.32. The molecule has 0 heterocycles. The third kappa shape index (κ3) is 16.0. The Balaban J connectivity index is 2.96. The van der Waals surface area contributed by atoms with Gasteiger partial charge in [-0.2, -0.15) is 0 Å². The number of rotatable bonds is 16. The molecular weight excluding hydrogens is 244 g/mol. The van der Waals surface area contributed by atoms with Crippen molar-refractivity contribution in [3.8, 4) is 0 Å². The van der Waals surface area contributed by atoms with E-state index in [0.717, 1.165) is 12.5 Å². The molecule has 2 heteroatoms. The third-order valence-corrected chi connectivity index (χ3v) is 4.32. The summed E-state index contributed by atoms with van der Waals surface area (Å²) >= 11 is 0. The van der Waals surface area contributed by atoms with E-state index >= 15 is 0 Å². The molecule has 1 atom stereocenters. The van der Waals surface area contributed by atoms with Gasteiger partial charge >= 0.3 is 0 Å². The van der Waals surface area contributed by atoms with Crippen molar-refractivity contribution in [2.45, 2.75) is 90.9 Å². The maximum atomic E-state index is 5.48. The number of unbranched alkanes of at least 4 members (excludes halogenated alkanes) is 9. The molecule has 0 aliphatic carbocycles. The van der Waals surface area contributed by atoms with Crippen molar-refractivity contribution < 1.29 is 0 Å². The number of hydrogen-bond donors (Lipinski definition) is 2. The van der Waals surface area contributed by atoms with Crippen LogP contribution in [0.15, 0.2) is 0 Å². The quantitative estimate of drug-likeness (QED) is 0.397. The summed E-state index contributed by atoms with van der Waals surface area (Å²) < 4.78 is 0. The molecule has 0 aliphatic rings. The zero-order chi connectivity index (χ0) is 14.9. The van der Waals surface area contributed by atoms with Gasteiger partial charge in [0.1, 0.15) is 0 Å². The van der Waals surface area contributed by atoms with E-state index in [1.165, 1.54) is 90.1 Å². The lowest BCUT2D eigenvalue weighted by Gasteiger charge is -2.09. The van der Waals surface area contributed by atoms with E-state index in [1.54, 1.807) is 0 Å². The molecule has 3 N–H and O–H groups in total. The van der Waals surface area contributed by atoms with E-state index in [1.807, 2.05) is 0 Å². The second-order valence-corrected chi connectivity index (χ2v) is 6.38. The SMILES string of the molecule is CCC(C)CCNCCCCCCCCCCCCN. The van der Waals surface area contributed by atoms with Crippen LogP contribution in [0.25, 0.3) is 0 Å². The highest BCUT2D eigenvalue weighted by Crippen LogP contribution is 2.10. The topological polar surface area (TPSA) is 38.0 Å². The first-order valence-corrected chi connectivity index (χ1v) is 9.22. The van der Waals surface area contributed by atoms with Gasteiger partial charge in [0, 0.05) is 0 Å². The molecule has 0 spiro atoms. The summed E-state index contributed by atoms with van der Waals surface area (Å²) in [4.78, 5) is 0. The van der Waals surface area contributed by atoms with E-state index in [2.05, 4.69) is 19.2 Å². The Labute approximate surface area is 128 Å². The molecule has 0 amide bonds. The van der Waals surface area contributed by atoms with Crippen LogP contribution in [-0.4, -0.2) is 19.6 Å². The van der Waals surface area contributed by atoms with E-state index < -0.39 is 0 Å². The summed E-state index contributed by atoms with van der Waals surface area (Å²) in [7, 11) is 0. The average molecular weight is 285 g/mol. The highest BCUT2D eigenvalue weighted by atomic mass is 14.8. The Hall–Kier alpha value is -0.0800. The summed E-state index contributed by atoms with van der Waals surface area (Å²) in [5.74, 6) is 0.882. The van der Waals surface area contributed by atoms with Crippen LogP contribution in [0.2, 0.25) is 0 Å². The van der Waals surface area contributed by atoms with Crippen LogP contribution >= 0.6 is 0 Å². The number of hydrogen-bond acceptors (Lipinski definition) is 2. The molecule has 20 heavy (non-hydrogen) atoms. The minimum atomic E-state index is 0.866. The van der Waals surface area contributed by atoms with Gasteiger partial charge in [-0.1, -0.05) is 71.6 Å². The molecular formula is C18H40N2. The van der Waals surface area contributed by atoms with Crippen molar-refractivity contribution in [3.63, 3.8) is 0 Å². The van der Waals surface area contributed by atoms with Crippen LogP contribution in [0.5, 0.6) is 0 Å². The Morgan fingerprint density at radius 1 is 0.750 bits per heavy atom. The monoisotopic (exact) mass is 284 g/mol. The summed E-state index contributed by atoms with van der Waals surface area (Å²) in [6.45, 7) is 7.92. The van der Waals surface area contributed by atoms with Crippen LogP contribution in [0.1, 0.15) is 90.9 Å². The highest BCUT2D eigenvalue weighted by Gasteiger charge is 1.97. The summed E-state index contributed by atoms with van der Waals surface area (Å²) in [6.07, 6.45) is 16.5. The predicted molar refractivity (Wildman–Crippen MR) is 92.2 cm³/mol. The van der Waals surface area contributed by atoms with Crippen molar-refractivity contribution in [2.24, 2.45) is 11.7 Å². The molecule has 0 bridgehead atoms. The normalized spacial score (nSPS) is 12.8. The van der Waals surface area contributed by atoms with Gasteiger partial charge in [-0.25, -0.2) is 0 Å². The van der Waals surface area contributed by atoms with Gasteiger partial charge in [-0.3, -0.25) is 0 Å². The Morgan fingerprint density at radius 2 is 1.25 bits per heavy atom. The number of nitrogens with one attached hydrogen (secondary N) is 1. The number of nitrogens with two attached hydrogens (primary N) is 1. The highest BCUT2D eigenvalue weighted by molar-refractivity contribution is 4.55. The van der Waals surface area contributed by atoms with Crippen molar-refractivity contribution in [2.75, 3.05) is 19.6 Å². The molecule has 122 valence electrons. The Kier molecular flexibility index (Phi) is 16.9. The van der Waals surface area contributed by atoms with Gasteiger partial charge in [0.2, 0.25) is 0 Å². The van der Waals surface area contributed by atoms with E-state index in [4.69, 9.17) is 5.73 Å². The summed E-state index contributed by atoms with van der Waals surface area (Å²) in [5, 5.41) is 3.57. The molecule has 2 nitrogen and oxygen atoms in total. The van der Waals surface area contributed by atoms with Crippen molar-refractivity contribution in [1.29, 1.82) is 0 Å². The average Bonchev–Trinajstić information content (AvgIpc) is 2.47. The maximum Gasteiger partial charge on any atom is -0.00464 e. The lowest BCUT2D eigenvalue weighted by Crippen LogP contribution is -2.18. The van der Waals surface area contributed by atoms with Crippen LogP contribution in [0.3, 0.4) is 0 Å². The largest absolute Gasteiger partial charge is 0.330 e. The van der Waals surface area contributed by atoms with Gasteiger partial charge in [0.25, 0.3) is 0 Å². The predicted octanol–water partition coefficient (Wildman–Crippen LogP) is 4.87. The zero-order valence-corrected chi connectivity index (χ0v) is 14.3. The van der Waals surface area contributed by atoms with Gasteiger partial charge in [-0.05, 0) is 44.8 Å². The molecule has 0 fully saturated rings. The first-order chi connectivity index (χ1) is 9.81.